The van der Waals surface area contributed by atoms with Gasteiger partial charge in [-0.15, -0.1) is 0 Å². The van der Waals surface area contributed by atoms with E-state index >= 15 is 0 Å². The van der Waals surface area contributed by atoms with Crippen LogP contribution >= 0.6 is 0 Å². The molecule has 0 spiro atoms. The molecule has 0 radical (unpaired) electrons. The Hall–Kier alpha value is -0.120. The Morgan fingerprint density at radius 1 is 0.515 bits per heavy atom. The molecule has 33 heavy (non-hydrogen) atoms. The fraction of sp³-hybridized carbons (Fsp3) is 1.00. The SMILES string of the molecule is CN(CCCC(C)(C)C)CCC(C)(C)CCC(C)(C)CCN1CCN(CCC(C)(C)C)CC1. The third-order valence-corrected chi connectivity index (χ3v) is 7.86. The fourth-order valence-corrected chi connectivity index (χ4v) is 4.60. The van der Waals surface area contributed by atoms with Crippen LogP contribution < -0.4 is 0 Å². The highest BCUT2D eigenvalue weighted by atomic mass is 15.3. The molecule has 0 amide bonds. The van der Waals surface area contributed by atoms with Crippen molar-refractivity contribution in [2.24, 2.45) is 21.7 Å². The summed E-state index contributed by atoms with van der Waals surface area (Å²) in [7, 11) is 2.31. The Kier molecular flexibility index (Phi) is 12.4. The van der Waals surface area contributed by atoms with Gasteiger partial charge >= 0.3 is 0 Å². The zero-order valence-electron chi connectivity index (χ0n) is 24.9. The van der Waals surface area contributed by atoms with Crippen LogP contribution in [0.3, 0.4) is 0 Å². The largest absolute Gasteiger partial charge is 0.306 e. The summed E-state index contributed by atoms with van der Waals surface area (Å²) >= 11 is 0. The minimum absolute atomic E-state index is 0.439. The van der Waals surface area contributed by atoms with E-state index in [0.29, 0.717) is 21.7 Å². The maximum Gasteiger partial charge on any atom is 0.0110 e. The lowest BCUT2D eigenvalue weighted by atomic mass is 9.76. The van der Waals surface area contributed by atoms with Crippen LogP contribution in [0.5, 0.6) is 0 Å². The van der Waals surface area contributed by atoms with E-state index in [1.165, 1.54) is 97.3 Å². The zero-order chi connectivity index (χ0) is 25.3. The standard InChI is InChI=1S/C30H63N3/c1-27(2,3)13-12-19-31(11)20-17-29(7,8)14-15-30(9,10)18-22-33-25-23-32(24-26-33)21-16-28(4,5)6/h12-26H2,1-11H3. The van der Waals surface area contributed by atoms with Gasteiger partial charge in [-0.3, -0.25) is 0 Å². The molecule has 0 N–H and O–H groups in total. The van der Waals surface area contributed by atoms with Crippen LogP contribution in [0.25, 0.3) is 0 Å². The van der Waals surface area contributed by atoms with E-state index in [0.717, 1.165) is 0 Å². The fourth-order valence-electron chi connectivity index (χ4n) is 4.60. The van der Waals surface area contributed by atoms with E-state index < -0.39 is 0 Å². The van der Waals surface area contributed by atoms with Gasteiger partial charge in [0.2, 0.25) is 0 Å². The first-order valence-corrected chi connectivity index (χ1v) is 14.1. The Morgan fingerprint density at radius 3 is 1.39 bits per heavy atom. The second-order valence-electron chi connectivity index (χ2n) is 15.3. The van der Waals surface area contributed by atoms with Crippen molar-refractivity contribution in [1.29, 1.82) is 0 Å². The van der Waals surface area contributed by atoms with Gasteiger partial charge < -0.3 is 14.7 Å². The van der Waals surface area contributed by atoms with Gasteiger partial charge in [0.05, 0.1) is 0 Å². The Labute approximate surface area is 210 Å². The van der Waals surface area contributed by atoms with E-state index in [-0.39, 0.29) is 0 Å². The van der Waals surface area contributed by atoms with Crippen LogP contribution in [0.2, 0.25) is 0 Å². The summed E-state index contributed by atoms with van der Waals surface area (Å²) in [4.78, 5) is 7.95. The summed E-state index contributed by atoms with van der Waals surface area (Å²) in [6, 6.07) is 0. The molecule has 0 aromatic heterocycles. The third-order valence-electron chi connectivity index (χ3n) is 7.86. The molecule has 0 aromatic carbocycles. The predicted molar refractivity (Wildman–Crippen MR) is 149 cm³/mol. The second-order valence-corrected chi connectivity index (χ2v) is 15.3. The molecule has 1 fully saturated rings. The number of nitrogens with zero attached hydrogens (tertiary/aromatic N) is 3. The highest BCUT2D eigenvalue weighted by Gasteiger charge is 2.26. The molecule has 1 rings (SSSR count). The van der Waals surface area contributed by atoms with Gasteiger partial charge in [0.25, 0.3) is 0 Å². The summed E-state index contributed by atoms with van der Waals surface area (Å²) in [5, 5.41) is 0. The van der Waals surface area contributed by atoms with Crippen molar-refractivity contribution in [2.45, 2.75) is 114 Å². The molecule has 1 aliphatic heterocycles. The molecular weight excluding hydrogens is 402 g/mol. The van der Waals surface area contributed by atoms with Crippen molar-refractivity contribution in [2.75, 3.05) is 59.4 Å². The van der Waals surface area contributed by atoms with E-state index in [1.54, 1.807) is 0 Å². The Morgan fingerprint density at radius 2 is 0.939 bits per heavy atom. The molecule has 0 unspecified atom stereocenters. The summed E-state index contributed by atoms with van der Waals surface area (Å²) in [6.07, 6.45) is 9.28. The van der Waals surface area contributed by atoms with Gasteiger partial charge in [-0.05, 0) is 99.8 Å². The molecule has 0 atom stereocenters. The van der Waals surface area contributed by atoms with Crippen molar-refractivity contribution < 1.29 is 0 Å². The van der Waals surface area contributed by atoms with Crippen molar-refractivity contribution >= 4 is 0 Å². The van der Waals surface area contributed by atoms with Crippen molar-refractivity contribution in [3.8, 4) is 0 Å². The number of rotatable bonds is 14. The lowest BCUT2D eigenvalue weighted by Gasteiger charge is -2.38. The molecule has 3 heteroatoms. The average molecular weight is 466 g/mol. The highest BCUT2D eigenvalue weighted by molar-refractivity contribution is 4.80. The average Bonchev–Trinajstić information content (AvgIpc) is 2.67. The first-order valence-electron chi connectivity index (χ1n) is 14.1. The van der Waals surface area contributed by atoms with Crippen LogP contribution in [0.15, 0.2) is 0 Å². The smallest absolute Gasteiger partial charge is 0.0110 e. The molecule has 0 saturated carbocycles. The molecule has 0 aliphatic carbocycles. The van der Waals surface area contributed by atoms with Gasteiger partial charge in [0.15, 0.2) is 0 Å². The molecular formula is C30H63N3. The molecule has 3 nitrogen and oxygen atoms in total. The molecule has 0 aromatic rings. The van der Waals surface area contributed by atoms with Crippen LogP contribution in [-0.2, 0) is 0 Å². The summed E-state index contributed by atoms with van der Waals surface area (Å²) < 4.78 is 0. The number of piperazine rings is 1. The molecule has 1 aliphatic rings. The lowest BCUT2D eigenvalue weighted by molar-refractivity contribution is 0.105. The van der Waals surface area contributed by atoms with Gasteiger partial charge in [-0.25, -0.2) is 0 Å². The van der Waals surface area contributed by atoms with Crippen molar-refractivity contribution in [3.63, 3.8) is 0 Å². The Bertz CT molecular complexity index is 516. The quantitative estimate of drug-likeness (QED) is 0.264. The Balaban J connectivity index is 2.25. The molecule has 1 heterocycles. The zero-order valence-corrected chi connectivity index (χ0v) is 24.9. The number of hydrogen-bond acceptors (Lipinski definition) is 3. The summed E-state index contributed by atoms with van der Waals surface area (Å²) in [5.74, 6) is 0. The first-order chi connectivity index (χ1) is 15.0. The topological polar surface area (TPSA) is 9.72 Å². The minimum Gasteiger partial charge on any atom is -0.306 e. The van der Waals surface area contributed by atoms with E-state index in [1.807, 2.05) is 0 Å². The minimum atomic E-state index is 0.439. The maximum atomic E-state index is 2.72. The predicted octanol–water partition coefficient (Wildman–Crippen LogP) is 7.41. The van der Waals surface area contributed by atoms with Crippen LogP contribution in [-0.4, -0.2) is 74.1 Å². The summed E-state index contributed by atoms with van der Waals surface area (Å²) in [5.41, 5.74) is 1.80. The maximum absolute atomic E-state index is 2.72. The van der Waals surface area contributed by atoms with E-state index in [2.05, 4.69) is 91.0 Å². The van der Waals surface area contributed by atoms with Crippen molar-refractivity contribution in [1.82, 2.24) is 14.7 Å². The van der Waals surface area contributed by atoms with Crippen LogP contribution in [0.4, 0.5) is 0 Å². The molecule has 198 valence electrons. The van der Waals surface area contributed by atoms with Gasteiger partial charge in [-0.2, -0.15) is 0 Å². The molecule has 1 saturated heterocycles. The van der Waals surface area contributed by atoms with Gasteiger partial charge in [0.1, 0.15) is 0 Å². The highest BCUT2D eigenvalue weighted by Crippen LogP contribution is 2.35. The summed E-state index contributed by atoms with van der Waals surface area (Å²) in [6.45, 7) is 34.2. The first kappa shape index (κ1) is 30.9. The number of hydrogen-bond donors (Lipinski definition) is 0. The van der Waals surface area contributed by atoms with E-state index in [9.17, 15) is 0 Å². The van der Waals surface area contributed by atoms with Crippen LogP contribution in [0, 0.1) is 21.7 Å². The van der Waals surface area contributed by atoms with Crippen LogP contribution in [0.1, 0.15) is 114 Å². The normalized spacial score (nSPS) is 17.8. The van der Waals surface area contributed by atoms with E-state index in [4.69, 9.17) is 0 Å². The third kappa shape index (κ3) is 16.2. The lowest BCUT2D eigenvalue weighted by Crippen LogP contribution is -2.47. The van der Waals surface area contributed by atoms with Gasteiger partial charge in [-0.1, -0.05) is 69.2 Å². The van der Waals surface area contributed by atoms with Gasteiger partial charge in [0, 0.05) is 26.2 Å². The second kappa shape index (κ2) is 13.3. The molecule has 0 bridgehead atoms. The monoisotopic (exact) mass is 466 g/mol. The van der Waals surface area contributed by atoms with Crippen molar-refractivity contribution in [3.05, 3.63) is 0 Å².